The molecule has 0 spiro atoms. The van der Waals surface area contributed by atoms with Crippen molar-refractivity contribution in [2.45, 2.75) is 51.8 Å². The van der Waals surface area contributed by atoms with Crippen molar-refractivity contribution in [3.8, 4) is 11.1 Å². The van der Waals surface area contributed by atoms with E-state index in [-0.39, 0.29) is 17.9 Å². The lowest BCUT2D eigenvalue weighted by Crippen LogP contribution is -2.48. The minimum absolute atomic E-state index is 0.264. The molecule has 10 heteroatoms. The predicted octanol–water partition coefficient (Wildman–Crippen LogP) is 3.45. The molecule has 2 aromatic carbocycles. The van der Waals surface area contributed by atoms with Gasteiger partial charge in [-0.05, 0) is 50.8 Å². The molecule has 1 heterocycles. The van der Waals surface area contributed by atoms with Crippen LogP contribution in [0.5, 0.6) is 0 Å². The third kappa shape index (κ3) is 9.77. The van der Waals surface area contributed by atoms with Gasteiger partial charge >= 0.3 is 17.9 Å². The molecule has 0 radical (unpaired) electrons. The van der Waals surface area contributed by atoms with Crippen LogP contribution in [0.1, 0.15) is 43.7 Å². The highest BCUT2D eigenvalue weighted by molar-refractivity contribution is 5.87. The number of carboxylic acids is 1. The lowest BCUT2D eigenvalue weighted by Gasteiger charge is -2.24. The summed E-state index contributed by atoms with van der Waals surface area (Å²) in [7, 11) is 1.29. The third-order valence-electron chi connectivity index (χ3n) is 5.01. The minimum atomic E-state index is -1.00. The Kier molecular flexibility index (Phi) is 10.4. The number of H-pyrrole nitrogens is 1. The molecule has 3 rings (SSSR count). The molecule has 0 amide bonds. The lowest BCUT2D eigenvalue weighted by molar-refractivity contribution is -0.157. The van der Waals surface area contributed by atoms with E-state index in [4.69, 9.17) is 10.5 Å². The number of aromatic nitrogens is 2. The number of aromatic amines is 1. The molecule has 1 aromatic heterocycles. The first-order valence-corrected chi connectivity index (χ1v) is 11.6. The molecule has 0 fully saturated rings. The molecule has 0 bridgehead atoms. The number of hydrogen-bond acceptors (Lipinski definition) is 8. The second-order valence-electron chi connectivity index (χ2n) is 9.28. The topological polar surface area (TPSA) is 157 Å². The number of nitrogens with one attached hydrogen (secondary N) is 2. The van der Waals surface area contributed by atoms with Gasteiger partial charge in [0.05, 0.1) is 7.11 Å². The third-order valence-corrected chi connectivity index (χ3v) is 5.01. The first-order valence-electron chi connectivity index (χ1n) is 11.6. The Balaban J connectivity index is 0.000000402. The van der Waals surface area contributed by atoms with Crippen LogP contribution in [-0.4, -0.2) is 58.0 Å². The van der Waals surface area contributed by atoms with E-state index in [1.807, 2.05) is 54.6 Å². The van der Waals surface area contributed by atoms with Gasteiger partial charge in [-0.1, -0.05) is 54.6 Å². The smallest absolute Gasteiger partial charge is 0.356 e. The van der Waals surface area contributed by atoms with E-state index in [9.17, 15) is 19.5 Å². The molecule has 3 aromatic rings. The van der Waals surface area contributed by atoms with Crippen LogP contribution in [0.3, 0.4) is 0 Å². The van der Waals surface area contributed by atoms with Gasteiger partial charge < -0.3 is 20.3 Å². The zero-order valence-electron chi connectivity index (χ0n) is 21.6. The molecule has 0 unspecified atom stereocenters. The summed E-state index contributed by atoms with van der Waals surface area (Å²) in [6.07, 6.45) is 0.275. The quantitative estimate of drug-likeness (QED) is 0.333. The van der Waals surface area contributed by atoms with Gasteiger partial charge in [0.1, 0.15) is 29.2 Å². The number of carbonyl (C=O) groups is 3. The second kappa shape index (κ2) is 13.2. The first-order chi connectivity index (χ1) is 17.4. The summed E-state index contributed by atoms with van der Waals surface area (Å²) >= 11 is 0. The SMILES string of the molecule is COC(=O)c1cc(N)n[nH]1.C[C@H](N[C@@H](Cc1ccc(-c2ccccc2)cc1)C(=O)O)C(=O)OC(C)(C)C. The maximum absolute atomic E-state index is 12.1. The summed E-state index contributed by atoms with van der Waals surface area (Å²) in [4.78, 5) is 34.4. The summed E-state index contributed by atoms with van der Waals surface area (Å²) < 4.78 is 9.68. The summed E-state index contributed by atoms with van der Waals surface area (Å²) in [6, 6.07) is 17.6. The summed E-state index contributed by atoms with van der Waals surface area (Å²) in [5.41, 5.74) is 7.93. The predicted molar refractivity (Wildman–Crippen MR) is 140 cm³/mol. The van der Waals surface area contributed by atoms with E-state index >= 15 is 0 Å². The van der Waals surface area contributed by atoms with Gasteiger partial charge in [-0.2, -0.15) is 5.10 Å². The fourth-order valence-electron chi connectivity index (χ4n) is 3.23. The summed E-state index contributed by atoms with van der Waals surface area (Å²) in [6.45, 7) is 6.95. The Labute approximate surface area is 216 Å². The number of rotatable bonds is 8. The number of benzene rings is 2. The molecule has 0 aliphatic carbocycles. The lowest BCUT2D eigenvalue weighted by atomic mass is 10.0. The van der Waals surface area contributed by atoms with E-state index in [1.165, 1.54) is 13.2 Å². The number of anilines is 1. The molecular formula is C27H34N4O6. The minimum Gasteiger partial charge on any atom is -0.480 e. The zero-order valence-corrected chi connectivity index (χ0v) is 21.6. The summed E-state index contributed by atoms with van der Waals surface area (Å²) in [5.74, 6) is -1.66. The second-order valence-corrected chi connectivity index (χ2v) is 9.28. The van der Waals surface area contributed by atoms with Gasteiger partial charge in [0.25, 0.3) is 0 Å². The maximum Gasteiger partial charge on any atom is 0.356 e. The van der Waals surface area contributed by atoms with Crippen LogP contribution in [-0.2, 0) is 25.5 Å². The van der Waals surface area contributed by atoms with Crippen LogP contribution >= 0.6 is 0 Å². The van der Waals surface area contributed by atoms with Gasteiger partial charge in [0.15, 0.2) is 0 Å². The molecule has 0 aliphatic rings. The van der Waals surface area contributed by atoms with Crippen molar-refractivity contribution in [3.63, 3.8) is 0 Å². The molecular weight excluding hydrogens is 476 g/mol. The Bertz CT molecular complexity index is 1170. The van der Waals surface area contributed by atoms with E-state index < -0.39 is 35.6 Å². The zero-order chi connectivity index (χ0) is 27.6. The van der Waals surface area contributed by atoms with Gasteiger partial charge in [-0.3, -0.25) is 20.0 Å². The molecule has 2 atom stereocenters. The number of carboxylic acid groups (broad SMARTS) is 1. The molecule has 0 saturated carbocycles. The first kappa shape index (κ1) is 29.1. The van der Waals surface area contributed by atoms with Crippen molar-refractivity contribution < 1.29 is 29.0 Å². The number of methoxy groups -OCH3 is 1. The average Bonchev–Trinajstić information content (AvgIpc) is 3.29. The molecule has 5 N–H and O–H groups in total. The highest BCUT2D eigenvalue weighted by Gasteiger charge is 2.27. The normalized spacial score (nSPS) is 12.5. The molecule has 10 nitrogen and oxygen atoms in total. The van der Waals surface area contributed by atoms with Crippen LogP contribution in [0.25, 0.3) is 11.1 Å². The fourth-order valence-corrected chi connectivity index (χ4v) is 3.23. The number of ether oxygens (including phenoxy) is 2. The van der Waals surface area contributed by atoms with E-state index in [2.05, 4.69) is 20.3 Å². The van der Waals surface area contributed by atoms with Crippen LogP contribution in [0.2, 0.25) is 0 Å². The number of nitrogens with two attached hydrogens (primary N) is 1. The molecule has 0 saturated heterocycles. The van der Waals surface area contributed by atoms with Crippen molar-refractivity contribution in [2.75, 3.05) is 12.8 Å². The molecule has 0 aliphatic heterocycles. The van der Waals surface area contributed by atoms with Crippen molar-refractivity contribution in [2.24, 2.45) is 0 Å². The van der Waals surface area contributed by atoms with Gasteiger partial charge in [0.2, 0.25) is 0 Å². The van der Waals surface area contributed by atoms with E-state index in [0.717, 1.165) is 16.7 Å². The van der Waals surface area contributed by atoms with Crippen molar-refractivity contribution in [1.29, 1.82) is 0 Å². The maximum atomic E-state index is 12.1. The Morgan fingerprint density at radius 2 is 1.65 bits per heavy atom. The number of nitrogens with zero attached hydrogens (tertiary/aromatic N) is 1. The highest BCUT2D eigenvalue weighted by Crippen LogP contribution is 2.20. The number of aliphatic carboxylic acids is 1. The van der Waals surface area contributed by atoms with E-state index in [0.29, 0.717) is 0 Å². The number of nitrogen functional groups attached to an aromatic ring is 1. The Morgan fingerprint density at radius 1 is 1.05 bits per heavy atom. The Hall–Kier alpha value is -4.18. The Morgan fingerprint density at radius 3 is 2.14 bits per heavy atom. The summed E-state index contributed by atoms with van der Waals surface area (Å²) in [5, 5.41) is 18.3. The standard InChI is InChI=1S/C22H27NO4.C5H7N3O2/c1-15(21(26)27-22(2,3)4)23-19(20(24)25)14-16-10-12-18(13-11-16)17-8-6-5-7-9-17;1-10-5(9)3-2-4(6)8-7-3/h5-13,15,19,23H,14H2,1-4H3,(H,24,25);2H,1H3,(H3,6,7,8)/t15-,19-;/m0./s1. The van der Waals surface area contributed by atoms with Crippen LogP contribution in [0.4, 0.5) is 5.82 Å². The van der Waals surface area contributed by atoms with Crippen molar-refractivity contribution in [1.82, 2.24) is 15.5 Å². The van der Waals surface area contributed by atoms with Crippen LogP contribution < -0.4 is 11.1 Å². The van der Waals surface area contributed by atoms with Gasteiger partial charge in [0, 0.05) is 6.07 Å². The molecule has 37 heavy (non-hydrogen) atoms. The van der Waals surface area contributed by atoms with Crippen LogP contribution in [0, 0.1) is 0 Å². The molecule has 198 valence electrons. The average molecular weight is 511 g/mol. The number of carbonyl (C=O) groups excluding carboxylic acids is 2. The van der Waals surface area contributed by atoms with Crippen LogP contribution in [0.15, 0.2) is 60.7 Å². The van der Waals surface area contributed by atoms with Gasteiger partial charge in [-0.25, -0.2) is 4.79 Å². The van der Waals surface area contributed by atoms with Crippen molar-refractivity contribution in [3.05, 3.63) is 71.9 Å². The number of esters is 2. The monoisotopic (exact) mass is 510 g/mol. The highest BCUT2D eigenvalue weighted by atomic mass is 16.6. The fraction of sp³-hybridized carbons (Fsp3) is 0.333. The van der Waals surface area contributed by atoms with E-state index in [1.54, 1.807) is 27.7 Å². The number of hydrogen-bond donors (Lipinski definition) is 4. The largest absolute Gasteiger partial charge is 0.480 e. The van der Waals surface area contributed by atoms with Gasteiger partial charge in [-0.15, -0.1) is 0 Å². The van der Waals surface area contributed by atoms with Crippen molar-refractivity contribution >= 4 is 23.7 Å².